The molecule has 0 heterocycles. The van der Waals surface area contributed by atoms with Crippen LogP contribution in [0.1, 0.15) is 0 Å². The minimum Gasteiger partial charge on any atom is -0.464 e. The SMILES string of the molecule is C=C=C(C#N)C(=O)OC.II. The quantitative estimate of drug-likeness (QED) is 0.232. The summed E-state index contributed by atoms with van der Waals surface area (Å²) in [5, 5.41) is 8.14. The molecule has 0 saturated heterocycles. The van der Waals surface area contributed by atoms with E-state index in [1.54, 1.807) is 6.07 Å². The van der Waals surface area contributed by atoms with Gasteiger partial charge in [0.25, 0.3) is 0 Å². The van der Waals surface area contributed by atoms with Crippen LogP contribution in [0.2, 0.25) is 0 Å². The van der Waals surface area contributed by atoms with Crippen molar-refractivity contribution >= 4 is 43.2 Å². The molecule has 0 aliphatic carbocycles. The highest BCUT2D eigenvalue weighted by molar-refractivity contribution is 15.0. The van der Waals surface area contributed by atoms with E-state index in [4.69, 9.17) is 5.26 Å². The normalized spacial score (nSPS) is 6.00. The lowest BCUT2D eigenvalue weighted by Gasteiger charge is -1.89. The Morgan fingerprint density at radius 1 is 1.64 bits per heavy atom. The molecule has 0 aromatic carbocycles. The molecule has 0 aliphatic rings. The van der Waals surface area contributed by atoms with Crippen LogP contribution in [0.4, 0.5) is 0 Å². The van der Waals surface area contributed by atoms with Crippen molar-refractivity contribution in [2.45, 2.75) is 0 Å². The van der Waals surface area contributed by atoms with Crippen LogP contribution in [0.3, 0.4) is 0 Å². The number of halogens is 2. The van der Waals surface area contributed by atoms with Gasteiger partial charge in [0.05, 0.1) is 7.11 Å². The van der Waals surface area contributed by atoms with Crippen LogP contribution in [0.25, 0.3) is 0 Å². The van der Waals surface area contributed by atoms with Gasteiger partial charge in [0.1, 0.15) is 6.07 Å². The fourth-order valence-corrected chi connectivity index (χ4v) is 0.259. The molecule has 0 amide bonds. The van der Waals surface area contributed by atoms with Crippen LogP contribution in [0.5, 0.6) is 0 Å². The second-order valence-corrected chi connectivity index (χ2v) is 1.16. The first-order chi connectivity index (χ1) is 5.26. The summed E-state index contributed by atoms with van der Waals surface area (Å²) in [5.41, 5.74) is 1.94. The molecule has 0 saturated carbocycles. The van der Waals surface area contributed by atoms with Gasteiger partial charge in [0.15, 0.2) is 5.57 Å². The Hall–Kier alpha value is -0.0600. The molecule has 0 spiro atoms. The second kappa shape index (κ2) is 9.94. The number of hydrogen-bond donors (Lipinski definition) is 0. The molecule has 0 rings (SSSR count). The summed E-state index contributed by atoms with van der Waals surface area (Å²) < 4.78 is 4.19. The van der Waals surface area contributed by atoms with Gasteiger partial charge < -0.3 is 4.74 Å². The molecule has 60 valence electrons. The van der Waals surface area contributed by atoms with E-state index in [1.165, 1.54) is 7.11 Å². The van der Waals surface area contributed by atoms with Crippen LogP contribution in [-0.2, 0) is 9.53 Å². The Kier molecular flexibility index (Phi) is 12.2. The van der Waals surface area contributed by atoms with Gasteiger partial charge in [-0.1, -0.05) is 6.58 Å². The average Bonchev–Trinajstić information content (AvgIpc) is 2.10. The topological polar surface area (TPSA) is 50.1 Å². The zero-order valence-corrected chi connectivity index (χ0v) is 10.0. The van der Waals surface area contributed by atoms with E-state index < -0.39 is 5.97 Å². The Morgan fingerprint density at radius 3 is 2.18 bits per heavy atom. The molecule has 11 heavy (non-hydrogen) atoms. The molecule has 5 heteroatoms. The van der Waals surface area contributed by atoms with Gasteiger partial charge in [-0.2, -0.15) is 5.26 Å². The predicted molar refractivity (Wildman–Crippen MR) is 58.3 cm³/mol. The van der Waals surface area contributed by atoms with Crippen molar-refractivity contribution in [1.82, 2.24) is 0 Å². The van der Waals surface area contributed by atoms with Gasteiger partial charge in [-0.05, 0) is 0 Å². The molecule has 0 atom stereocenters. The maximum atomic E-state index is 10.4. The number of methoxy groups -OCH3 is 1. The van der Waals surface area contributed by atoms with Gasteiger partial charge in [-0.15, -0.1) is 5.73 Å². The lowest BCUT2D eigenvalue weighted by molar-refractivity contribution is -0.135. The van der Waals surface area contributed by atoms with E-state index in [2.05, 4.69) is 54.3 Å². The van der Waals surface area contributed by atoms with E-state index in [9.17, 15) is 4.79 Å². The highest BCUT2D eigenvalue weighted by atomic mass is 128. The lowest BCUT2D eigenvalue weighted by Crippen LogP contribution is -2.01. The standard InChI is InChI=1S/C6H5NO2.I2/c1-3-5(4-7)6(8)9-2;1-2/h1H2,2H3;. The van der Waals surface area contributed by atoms with Gasteiger partial charge in [0, 0.05) is 37.2 Å². The van der Waals surface area contributed by atoms with Gasteiger partial charge >= 0.3 is 5.97 Å². The van der Waals surface area contributed by atoms with E-state index in [0.717, 1.165) is 0 Å². The minimum absolute atomic E-state index is 0.197. The number of esters is 1. The summed E-state index contributed by atoms with van der Waals surface area (Å²) in [6.07, 6.45) is 0. The number of carbonyl (C=O) groups excluding carboxylic acids is 1. The Bertz CT molecular complexity index is 213. The third-order valence-corrected chi connectivity index (χ3v) is 0.678. The van der Waals surface area contributed by atoms with Crippen molar-refractivity contribution in [2.75, 3.05) is 7.11 Å². The summed E-state index contributed by atoms with van der Waals surface area (Å²) in [5.74, 6) is -0.701. The number of hydrogen-bond acceptors (Lipinski definition) is 3. The molecule has 0 fully saturated rings. The maximum Gasteiger partial charge on any atom is 0.356 e. The van der Waals surface area contributed by atoms with Crippen LogP contribution in [0, 0.1) is 11.3 Å². The fourth-order valence-electron chi connectivity index (χ4n) is 0.259. The minimum atomic E-state index is -0.701. The smallest absolute Gasteiger partial charge is 0.356 e. The largest absolute Gasteiger partial charge is 0.464 e. The molecule has 0 aliphatic heterocycles. The van der Waals surface area contributed by atoms with Crippen molar-refractivity contribution in [2.24, 2.45) is 0 Å². The number of nitriles is 1. The lowest BCUT2D eigenvalue weighted by atomic mass is 10.3. The summed E-state index contributed by atoms with van der Waals surface area (Å²) >= 11 is 4.24. The third kappa shape index (κ3) is 6.34. The highest BCUT2D eigenvalue weighted by Crippen LogP contribution is 1.89. The van der Waals surface area contributed by atoms with Crippen molar-refractivity contribution in [3.63, 3.8) is 0 Å². The van der Waals surface area contributed by atoms with E-state index in [0.29, 0.717) is 0 Å². The molecule has 3 nitrogen and oxygen atoms in total. The molecule has 0 aromatic rings. The van der Waals surface area contributed by atoms with Gasteiger partial charge in [0.2, 0.25) is 0 Å². The summed E-state index contributed by atoms with van der Waals surface area (Å²) in [7, 11) is 1.19. The molecule has 0 bridgehead atoms. The Morgan fingerprint density at radius 2 is 2.09 bits per heavy atom. The third-order valence-electron chi connectivity index (χ3n) is 0.678. The van der Waals surface area contributed by atoms with Crippen molar-refractivity contribution < 1.29 is 9.53 Å². The molecular formula is C6H5I2NO2. The van der Waals surface area contributed by atoms with Gasteiger partial charge in [-0.25, -0.2) is 4.79 Å². The predicted octanol–water partition coefficient (Wildman–Crippen LogP) is 2.17. The summed E-state index contributed by atoms with van der Waals surface area (Å²) in [6.45, 7) is 3.12. The molecule has 0 unspecified atom stereocenters. The van der Waals surface area contributed by atoms with Crippen LogP contribution < -0.4 is 0 Å². The van der Waals surface area contributed by atoms with Crippen molar-refractivity contribution in [3.05, 3.63) is 17.9 Å². The maximum absolute atomic E-state index is 10.4. The number of rotatable bonds is 1. The monoisotopic (exact) mass is 377 g/mol. The summed E-state index contributed by atoms with van der Waals surface area (Å²) in [6, 6.07) is 1.57. The zero-order valence-electron chi connectivity index (χ0n) is 5.73. The average molecular weight is 377 g/mol. The summed E-state index contributed by atoms with van der Waals surface area (Å²) in [4.78, 5) is 10.4. The van der Waals surface area contributed by atoms with Crippen molar-refractivity contribution in [3.8, 4) is 6.07 Å². The zero-order chi connectivity index (χ0) is 9.28. The first kappa shape index (κ1) is 13.5. The van der Waals surface area contributed by atoms with Crippen LogP contribution in [-0.4, -0.2) is 13.1 Å². The molecule has 0 N–H and O–H groups in total. The Labute approximate surface area is 88.4 Å². The second-order valence-electron chi connectivity index (χ2n) is 1.16. The molecular weight excluding hydrogens is 372 g/mol. The van der Waals surface area contributed by atoms with Crippen molar-refractivity contribution in [1.29, 1.82) is 5.26 Å². The van der Waals surface area contributed by atoms with Crippen LogP contribution in [0.15, 0.2) is 17.9 Å². The Balaban J connectivity index is 0. The first-order valence-electron chi connectivity index (χ1n) is 2.29. The number of carbonyl (C=O) groups is 1. The molecule has 0 radical (unpaired) electrons. The number of ether oxygens (including phenoxy) is 1. The van der Waals surface area contributed by atoms with E-state index in [-0.39, 0.29) is 5.57 Å². The highest BCUT2D eigenvalue weighted by Gasteiger charge is 2.04. The fraction of sp³-hybridized carbons (Fsp3) is 0.167. The van der Waals surface area contributed by atoms with E-state index in [1.807, 2.05) is 0 Å². The van der Waals surface area contributed by atoms with E-state index >= 15 is 0 Å². The first-order valence-corrected chi connectivity index (χ1v) is 8.57. The molecule has 0 aromatic heterocycles. The number of nitrogens with zero attached hydrogens (tertiary/aromatic N) is 1. The van der Waals surface area contributed by atoms with Crippen LogP contribution >= 0.6 is 37.2 Å². The van der Waals surface area contributed by atoms with Gasteiger partial charge in [-0.3, -0.25) is 0 Å².